The topological polar surface area (TPSA) is 18.5 Å². The number of fused-ring (bicyclic) bond motifs is 4. The molecule has 0 bridgehead atoms. The van der Waals surface area contributed by atoms with E-state index in [9.17, 15) is 0 Å². The van der Waals surface area contributed by atoms with Crippen molar-refractivity contribution in [3.63, 3.8) is 0 Å². The summed E-state index contributed by atoms with van der Waals surface area (Å²) in [5.41, 5.74) is 4.79. The average molecular weight is 441 g/mol. The van der Waals surface area contributed by atoms with Crippen molar-refractivity contribution in [2.75, 3.05) is 14.2 Å². The van der Waals surface area contributed by atoms with Gasteiger partial charge >= 0.3 is 0 Å². The van der Waals surface area contributed by atoms with Crippen LogP contribution in [0.3, 0.4) is 0 Å². The number of rotatable bonds is 4. The molecule has 34 heavy (non-hydrogen) atoms. The first-order chi connectivity index (χ1) is 16.8. The first kappa shape index (κ1) is 20.3. The van der Waals surface area contributed by atoms with E-state index in [0.29, 0.717) is 0 Å². The second-order valence-electron chi connectivity index (χ2n) is 8.50. The molecule has 0 atom stereocenters. The molecule has 0 aliphatic carbocycles. The van der Waals surface area contributed by atoms with Gasteiger partial charge in [-0.1, -0.05) is 72.8 Å². The molecule has 0 saturated carbocycles. The van der Waals surface area contributed by atoms with Gasteiger partial charge in [0.1, 0.15) is 11.5 Å². The van der Waals surface area contributed by atoms with Crippen LogP contribution in [-0.2, 0) is 0 Å². The highest BCUT2D eigenvalue weighted by Crippen LogP contribution is 2.45. The van der Waals surface area contributed by atoms with Gasteiger partial charge in [-0.2, -0.15) is 0 Å². The molecule has 2 nitrogen and oxygen atoms in total. The fourth-order valence-electron chi connectivity index (χ4n) is 4.99. The molecule has 6 aromatic carbocycles. The van der Waals surface area contributed by atoms with E-state index in [1.54, 1.807) is 14.2 Å². The summed E-state index contributed by atoms with van der Waals surface area (Å²) in [4.78, 5) is 0. The molecule has 0 aliphatic rings. The van der Waals surface area contributed by atoms with Gasteiger partial charge in [0.2, 0.25) is 0 Å². The van der Waals surface area contributed by atoms with Crippen LogP contribution >= 0.6 is 0 Å². The van der Waals surface area contributed by atoms with Crippen molar-refractivity contribution in [1.29, 1.82) is 0 Å². The van der Waals surface area contributed by atoms with Crippen molar-refractivity contribution in [3.05, 3.63) is 109 Å². The van der Waals surface area contributed by atoms with Crippen LogP contribution < -0.4 is 9.47 Å². The van der Waals surface area contributed by atoms with Crippen molar-refractivity contribution >= 4 is 32.3 Å². The van der Waals surface area contributed by atoms with Crippen LogP contribution in [0.5, 0.6) is 11.5 Å². The average Bonchev–Trinajstić information content (AvgIpc) is 2.91. The fourth-order valence-corrected chi connectivity index (χ4v) is 4.99. The zero-order chi connectivity index (χ0) is 23.1. The van der Waals surface area contributed by atoms with Crippen LogP contribution in [0.15, 0.2) is 109 Å². The molecular weight excluding hydrogens is 416 g/mol. The Labute approximate surface area is 199 Å². The lowest BCUT2D eigenvalue weighted by Gasteiger charge is -2.19. The number of ether oxygens (including phenoxy) is 2. The van der Waals surface area contributed by atoms with E-state index in [4.69, 9.17) is 9.47 Å². The van der Waals surface area contributed by atoms with Crippen molar-refractivity contribution < 1.29 is 9.47 Å². The predicted molar refractivity (Wildman–Crippen MR) is 143 cm³/mol. The highest BCUT2D eigenvalue weighted by atomic mass is 16.5. The van der Waals surface area contributed by atoms with Gasteiger partial charge in [-0.05, 0) is 91.0 Å². The van der Waals surface area contributed by atoms with Gasteiger partial charge in [0.15, 0.2) is 0 Å². The lowest BCUT2D eigenvalue weighted by molar-refractivity contribution is 0.414. The standard InChI is InChI=1S/C32H24O2/c1-33-25-15-11-21(12-16-25)31-28-10-6-5-9-27(28)29-19-23-7-3-4-8-24(23)20-30(29)32(31)22-13-17-26(34-2)18-14-22/h3-20H,1-2H3. The Morgan fingerprint density at radius 2 is 0.853 bits per heavy atom. The lowest BCUT2D eigenvalue weighted by atomic mass is 9.84. The number of hydrogen-bond donors (Lipinski definition) is 0. The molecule has 2 heteroatoms. The smallest absolute Gasteiger partial charge is 0.118 e. The second kappa shape index (κ2) is 8.24. The second-order valence-corrected chi connectivity index (χ2v) is 8.50. The summed E-state index contributed by atoms with van der Waals surface area (Å²) in [6.07, 6.45) is 0. The van der Waals surface area contributed by atoms with E-state index in [0.717, 1.165) is 22.6 Å². The summed E-state index contributed by atoms with van der Waals surface area (Å²) in [5, 5.41) is 7.48. The third-order valence-electron chi connectivity index (χ3n) is 6.65. The van der Waals surface area contributed by atoms with E-state index in [-0.39, 0.29) is 0 Å². The monoisotopic (exact) mass is 440 g/mol. The maximum absolute atomic E-state index is 5.45. The highest BCUT2D eigenvalue weighted by molar-refractivity contribution is 6.23. The van der Waals surface area contributed by atoms with Crippen molar-refractivity contribution in [2.24, 2.45) is 0 Å². The number of benzene rings is 6. The molecular formula is C32H24O2. The van der Waals surface area contributed by atoms with Crippen LogP contribution in [0.25, 0.3) is 54.6 Å². The number of hydrogen-bond acceptors (Lipinski definition) is 2. The van der Waals surface area contributed by atoms with E-state index in [2.05, 4.69) is 84.9 Å². The maximum atomic E-state index is 5.45. The van der Waals surface area contributed by atoms with E-state index in [1.807, 2.05) is 24.3 Å². The largest absolute Gasteiger partial charge is 0.497 e. The van der Waals surface area contributed by atoms with Gasteiger partial charge in [0.25, 0.3) is 0 Å². The molecule has 0 N–H and O–H groups in total. The minimum atomic E-state index is 0.852. The number of methoxy groups -OCH3 is 2. The summed E-state index contributed by atoms with van der Waals surface area (Å²) in [6.45, 7) is 0. The molecule has 0 aliphatic heterocycles. The molecule has 0 fully saturated rings. The molecule has 0 unspecified atom stereocenters. The normalized spacial score (nSPS) is 11.2. The van der Waals surface area contributed by atoms with Crippen LogP contribution in [0.2, 0.25) is 0 Å². The molecule has 164 valence electrons. The Bertz CT molecular complexity index is 1650. The van der Waals surface area contributed by atoms with Gasteiger partial charge in [0.05, 0.1) is 14.2 Å². The van der Waals surface area contributed by atoms with Crippen molar-refractivity contribution in [3.8, 4) is 33.8 Å². The summed E-state index contributed by atoms with van der Waals surface area (Å²) >= 11 is 0. The first-order valence-corrected chi connectivity index (χ1v) is 11.4. The van der Waals surface area contributed by atoms with Crippen LogP contribution in [0.4, 0.5) is 0 Å². The van der Waals surface area contributed by atoms with Crippen LogP contribution in [0, 0.1) is 0 Å². The van der Waals surface area contributed by atoms with Gasteiger partial charge in [-0.15, -0.1) is 0 Å². The molecule has 0 amide bonds. The summed E-state index contributed by atoms with van der Waals surface area (Å²) in [5.74, 6) is 1.70. The molecule has 0 saturated heterocycles. The third-order valence-corrected chi connectivity index (χ3v) is 6.65. The Morgan fingerprint density at radius 3 is 1.38 bits per heavy atom. The van der Waals surface area contributed by atoms with Gasteiger partial charge in [-0.3, -0.25) is 0 Å². The molecule has 0 spiro atoms. The molecule has 0 aromatic heterocycles. The molecule has 6 aromatic rings. The Morgan fingerprint density at radius 1 is 0.412 bits per heavy atom. The maximum Gasteiger partial charge on any atom is 0.118 e. The fraction of sp³-hybridized carbons (Fsp3) is 0.0625. The minimum absolute atomic E-state index is 0.852. The van der Waals surface area contributed by atoms with E-state index >= 15 is 0 Å². The Hall–Kier alpha value is -4.30. The Kier molecular flexibility index (Phi) is 4.92. The van der Waals surface area contributed by atoms with Gasteiger partial charge in [-0.25, -0.2) is 0 Å². The molecule has 6 rings (SSSR count). The highest BCUT2D eigenvalue weighted by Gasteiger charge is 2.18. The summed E-state index contributed by atoms with van der Waals surface area (Å²) in [7, 11) is 3.41. The van der Waals surface area contributed by atoms with E-state index < -0.39 is 0 Å². The molecule has 0 radical (unpaired) electrons. The zero-order valence-electron chi connectivity index (χ0n) is 19.2. The summed E-state index contributed by atoms with van der Waals surface area (Å²) < 4.78 is 10.9. The minimum Gasteiger partial charge on any atom is -0.497 e. The first-order valence-electron chi connectivity index (χ1n) is 11.4. The van der Waals surface area contributed by atoms with Crippen LogP contribution in [-0.4, -0.2) is 14.2 Å². The van der Waals surface area contributed by atoms with Crippen molar-refractivity contribution in [2.45, 2.75) is 0 Å². The van der Waals surface area contributed by atoms with Crippen LogP contribution in [0.1, 0.15) is 0 Å². The van der Waals surface area contributed by atoms with E-state index in [1.165, 1.54) is 43.4 Å². The Balaban J connectivity index is 1.81. The summed E-state index contributed by atoms with van der Waals surface area (Å²) in [6, 6.07) is 38.7. The quantitative estimate of drug-likeness (QED) is 0.202. The van der Waals surface area contributed by atoms with Crippen molar-refractivity contribution in [1.82, 2.24) is 0 Å². The lowest BCUT2D eigenvalue weighted by Crippen LogP contribution is -1.93. The van der Waals surface area contributed by atoms with Gasteiger partial charge < -0.3 is 9.47 Å². The zero-order valence-corrected chi connectivity index (χ0v) is 19.2. The molecule has 0 heterocycles. The van der Waals surface area contributed by atoms with Gasteiger partial charge in [0, 0.05) is 0 Å². The SMILES string of the molecule is COc1ccc(-c2c(-c3ccc(OC)cc3)c3cc4ccccc4cc3c3ccccc23)cc1. The third kappa shape index (κ3) is 3.27. The predicted octanol–water partition coefficient (Wildman–Crippen LogP) is 8.50.